The summed E-state index contributed by atoms with van der Waals surface area (Å²) in [4.78, 5) is 0. The molecule has 2 aromatic rings. The zero-order valence-corrected chi connectivity index (χ0v) is 12.1. The number of nitrogens with zero attached hydrogens (tertiary/aromatic N) is 2. The minimum atomic E-state index is 0.527. The van der Waals surface area contributed by atoms with E-state index in [1.165, 1.54) is 0 Å². The van der Waals surface area contributed by atoms with Crippen LogP contribution < -0.4 is 22.3 Å². The Kier molecular flexibility index (Phi) is 4.13. The first-order valence-corrected chi connectivity index (χ1v) is 7.06. The lowest BCUT2D eigenvalue weighted by molar-refractivity contribution is 0.883. The zero-order valence-electron chi connectivity index (χ0n) is 12.1. The van der Waals surface area contributed by atoms with E-state index in [0.29, 0.717) is 24.8 Å². The molecule has 6 heteroatoms. The fraction of sp³-hybridized carbons (Fsp3) is 0.125. The van der Waals surface area contributed by atoms with Crippen LogP contribution in [0.15, 0.2) is 58.7 Å². The van der Waals surface area contributed by atoms with Crippen molar-refractivity contribution in [1.82, 2.24) is 10.9 Å². The van der Waals surface area contributed by atoms with Crippen molar-refractivity contribution in [1.29, 1.82) is 0 Å². The molecule has 1 aliphatic rings. The molecule has 1 heterocycles. The molecule has 0 bridgehead atoms. The molecule has 0 aromatic heterocycles. The van der Waals surface area contributed by atoms with Crippen molar-refractivity contribution in [2.75, 3.05) is 0 Å². The third-order valence-corrected chi connectivity index (χ3v) is 3.47. The van der Waals surface area contributed by atoms with Crippen LogP contribution in [0.5, 0.6) is 0 Å². The van der Waals surface area contributed by atoms with Crippen molar-refractivity contribution in [2.24, 2.45) is 21.7 Å². The SMILES string of the molecule is NCc1ccc(C2=NNC(c3ccc(CN)cc3)=NN2)cc1. The van der Waals surface area contributed by atoms with Gasteiger partial charge in [0.15, 0.2) is 11.7 Å². The average Bonchev–Trinajstić information content (AvgIpc) is 2.62. The molecule has 22 heavy (non-hydrogen) atoms. The van der Waals surface area contributed by atoms with Gasteiger partial charge in [0, 0.05) is 24.2 Å². The first kappa shape index (κ1) is 14.2. The molecule has 0 fully saturated rings. The number of hydrazone groups is 2. The van der Waals surface area contributed by atoms with Crippen LogP contribution in [0.2, 0.25) is 0 Å². The maximum Gasteiger partial charge on any atom is 0.173 e. The first-order chi connectivity index (χ1) is 10.8. The van der Waals surface area contributed by atoms with Gasteiger partial charge < -0.3 is 11.5 Å². The van der Waals surface area contributed by atoms with E-state index in [-0.39, 0.29) is 0 Å². The van der Waals surface area contributed by atoms with Gasteiger partial charge in [0.2, 0.25) is 0 Å². The molecule has 0 unspecified atom stereocenters. The third-order valence-electron chi connectivity index (χ3n) is 3.47. The van der Waals surface area contributed by atoms with E-state index in [1.807, 2.05) is 48.5 Å². The van der Waals surface area contributed by atoms with Crippen LogP contribution in [0.4, 0.5) is 0 Å². The van der Waals surface area contributed by atoms with E-state index >= 15 is 0 Å². The van der Waals surface area contributed by atoms with E-state index in [4.69, 9.17) is 11.5 Å². The van der Waals surface area contributed by atoms with Gasteiger partial charge in [-0.15, -0.1) is 0 Å². The predicted octanol–water partition coefficient (Wildman–Crippen LogP) is 0.820. The van der Waals surface area contributed by atoms with E-state index in [2.05, 4.69) is 21.1 Å². The normalized spacial score (nSPS) is 13.7. The highest BCUT2D eigenvalue weighted by molar-refractivity contribution is 6.05. The number of nitrogens with one attached hydrogen (secondary N) is 2. The number of hydrogen-bond acceptors (Lipinski definition) is 6. The largest absolute Gasteiger partial charge is 0.326 e. The van der Waals surface area contributed by atoms with Crippen LogP contribution in [0, 0.1) is 0 Å². The summed E-state index contributed by atoms with van der Waals surface area (Å²) in [6.07, 6.45) is 0. The summed E-state index contributed by atoms with van der Waals surface area (Å²) in [7, 11) is 0. The fourth-order valence-corrected chi connectivity index (χ4v) is 2.12. The first-order valence-electron chi connectivity index (χ1n) is 7.06. The summed E-state index contributed by atoms with van der Waals surface area (Å²) in [6.45, 7) is 1.05. The quantitative estimate of drug-likeness (QED) is 0.670. The highest BCUT2D eigenvalue weighted by Crippen LogP contribution is 2.08. The lowest BCUT2D eigenvalue weighted by atomic mass is 10.1. The van der Waals surface area contributed by atoms with E-state index < -0.39 is 0 Å². The predicted molar refractivity (Wildman–Crippen MR) is 88.0 cm³/mol. The van der Waals surface area contributed by atoms with Gasteiger partial charge in [0.25, 0.3) is 0 Å². The maximum absolute atomic E-state index is 5.59. The van der Waals surface area contributed by atoms with Crippen LogP contribution in [0.3, 0.4) is 0 Å². The number of hydrogen-bond donors (Lipinski definition) is 4. The van der Waals surface area contributed by atoms with Crippen LogP contribution in [-0.4, -0.2) is 11.7 Å². The molecule has 0 amide bonds. The van der Waals surface area contributed by atoms with Gasteiger partial charge in [0.05, 0.1) is 0 Å². The Balaban J connectivity index is 1.72. The molecule has 6 N–H and O–H groups in total. The Morgan fingerprint density at radius 1 is 0.636 bits per heavy atom. The Bertz CT molecular complexity index is 637. The molecule has 2 aromatic carbocycles. The van der Waals surface area contributed by atoms with Gasteiger partial charge >= 0.3 is 0 Å². The van der Waals surface area contributed by atoms with Gasteiger partial charge in [-0.3, -0.25) is 10.9 Å². The molecule has 0 aliphatic carbocycles. The van der Waals surface area contributed by atoms with Gasteiger partial charge in [-0.1, -0.05) is 48.5 Å². The number of amidine groups is 2. The zero-order chi connectivity index (χ0) is 15.4. The van der Waals surface area contributed by atoms with Gasteiger partial charge in [-0.25, -0.2) is 0 Å². The Morgan fingerprint density at radius 2 is 1.00 bits per heavy atom. The molecule has 0 saturated carbocycles. The van der Waals surface area contributed by atoms with Crippen LogP contribution in [0.25, 0.3) is 0 Å². The van der Waals surface area contributed by atoms with Gasteiger partial charge in [-0.05, 0) is 11.1 Å². The lowest BCUT2D eigenvalue weighted by Crippen LogP contribution is -2.34. The molecular formula is C16H18N6. The van der Waals surface area contributed by atoms with Crippen molar-refractivity contribution >= 4 is 11.7 Å². The summed E-state index contributed by atoms with van der Waals surface area (Å²) in [6, 6.07) is 15.8. The smallest absolute Gasteiger partial charge is 0.173 e. The monoisotopic (exact) mass is 294 g/mol. The fourth-order valence-electron chi connectivity index (χ4n) is 2.12. The summed E-state index contributed by atoms with van der Waals surface area (Å²) < 4.78 is 0. The van der Waals surface area contributed by atoms with Gasteiger partial charge in [-0.2, -0.15) is 10.2 Å². The molecule has 112 valence electrons. The standard InChI is InChI=1S/C16H18N6/c17-9-11-1-5-13(6-2-11)15-19-21-16(22-20-15)14-7-3-12(10-18)4-8-14/h1-8H,9-10,17-18H2,(H,19,20)(H,21,22). The Hall–Kier alpha value is -2.70. The van der Waals surface area contributed by atoms with Gasteiger partial charge in [0.1, 0.15) is 0 Å². The van der Waals surface area contributed by atoms with Crippen molar-refractivity contribution in [3.05, 3.63) is 70.8 Å². The van der Waals surface area contributed by atoms with Crippen LogP contribution in [-0.2, 0) is 13.1 Å². The molecule has 1 aliphatic heterocycles. The second kappa shape index (κ2) is 6.38. The van der Waals surface area contributed by atoms with Crippen molar-refractivity contribution in [2.45, 2.75) is 13.1 Å². The maximum atomic E-state index is 5.59. The number of rotatable bonds is 4. The Labute approximate surface area is 128 Å². The highest BCUT2D eigenvalue weighted by atomic mass is 15.5. The number of nitrogens with two attached hydrogens (primary N) is 2. The minimum Gasteiger partial charge on any atom is -0.326 e. The van der Waals surface area contributed by atoms with Crippen molar-refractivity contribution in [3.8, 4) is 0 Å². The molecule has 6 nitrogen and oxygen atoms in total. The lowest BCUT2D eigenvalue weighted by Gasteiger charge is -2.15. The van der Waals surface area contributed by atoms with Crippen molar-refractivity contribution in [3.63, 3.8) is 0 Å². The average molecular weight is 294 g/mol. The third kappa shape index (κ3) is 2.98. The van der Waals surface area contributed by atoms with E-state index in [9.17, 15) is 0 Å². The van der Waals surface area contributed by atoms with E-state index in [1.54, 1.807) is 0 Å². The molecule has 0 saturated heterocycles. The summed E-state index contributed by atoms with van der Waals surface area (Å²) in [5, 5.41) is 8.65. The number of benzene rings is 2. The topological polar surface area (TPSA) is 101 Å². The van der Waals surface area contributed by atoms with Crippen LogP contribution in [0.1, 0.15) is 22.3 Å². The van der Waals surface area contributed by atoms with E-state index in [0.717, 1.165) is 22.3 Å². The molecule has 0 radical (unpaired) electrons. The minimum absolute atomic E-state index is 0.527. The van der Waals surface area contributed by atoms with Crippen molar-refractivity contribution < 1.29 is 0 Å². The molecule has 0 atom stereocenters. The summed E-state index contributed by atoms with van der Waals surface area (Å²) in [5.74, 6) is 1.34. The summed E-state index contributed by atoms with van der Waals surface area (Å²) >= 11 is 0. The highest BCUT2D eigenvalue weighted by Gasteiger charge is 2.11. The van der Waals surface area contributed by atoms with Crippen LogP contribution >= 0.6 is 0 Å². The molecular weight excluding hydrogens is 276 g/mol. The molecule has 0 spiro atoms. The summed E-state index contributed by atoms with van der Waals surface area (Å²) in [5.41, 5.74) is 21.2. The Morgan fingerprint density at radius 3 is 1.27 bits per heavy atom. The second-order valence-electron chi connectivity index (χ2n) is 4.95. The second-order valence-corrected chi connectivity index (χ2v) is 4.95. The molecule has 3 rings (SSSR count).